The highest BCUT2D eigenvalue weighted by atomic mass is 35.5. The number of hydrogen-bond donors (Lipinski definition) is 4. The summed E-state index contributed by atoms with van der Waals surface area (Å²) in [5.74, 6) is -0.859. The van der Waals surface area contributed by atoms with E-state index in [4.69, 9.17) is 21.4 Å². The number of urea groups is 1. The Balaban J connectivity index is 2.78. The van der Waals surface area contributed by atoms with Gasteiger partial charge in [0.15, 0.2) is 6.04 Å². The van der Waals surface area contributed by atoms with Crippen LogP contribution >= 0.6 is 11.6 Å². The number of carbonyl (C=O) groups excluding carboxylic acids is 1. The molecule has 0 aromatic heterocycles. The predicted molar refractivity (Wildman–Crippen MR) is 73.3 cm³/mol. The molecule has 8 heteroatoms. The molecule has 0 aliphatic carbocycles. The lowest BCUT2D eigenvalue weighted by Gasteiger charge is -2.18. The maximum atomic E-state index is 11.7. The van der Waals surface area contributed by atoms with Crippen LogP contribution in [0.1, 0.15) is 6.92 Å². The number of ether oxygens (including phenoxy) is 1. The first-order valence-corrected chi connectivity index (χ1v) is 6.05. The number of halogens is 1. The molecule has 0 bridgehead atoms. The molecule has 0 fully saturated rings. The standard InChI is InChI=1S/C12H15ClN2O5/c1-6(16)10(11(17)18)15-12(19)14-9-5-7(20-2)3-4-8(9)13/h3-6,10,16H,1-2H3,(H,17,18)(H2,14,15,19). The minimum absolute atomic E-state index is 0.262. The Kier molecular flexibility index (Phi) is 5.60. The van der Waals surface area contributed by atoms with Crippen LogP contribution in [0, 0.1) is 0 Å². The third kappa shape index (κ3) is 4.29. The van der Waals surface area contributed by atoms with Crippen molar-refractivity contribution in [1.29, 1.82) is 0 Å². The SMILES string of the molecule is COc1ccc(Cl)c(NC(=O)NC(C(=O)O)C(C)O)c1. The molecule has 0 radical (unpaired) electrons. The zero-order valence-corrected chi connectivity index (χ0v) is 11.6. The van der Waals surface area contributed by atoms with Gasteiger partial charge in [-0.1, -0.05) is 11.6 Å². The largest absolute Gasteiger partial charge is 0.497 e. The van der Waals surface area contributed by atoms with Gasteiger partial charge in [-0.2, -0.15) is 0 Å². The molecular formula is C12H15ClN2O5. The lowest BCUT2D eigenvalue weighted by atomic mass is 10.2. The Morgan fingerprint density at radius 2 is 2.05 bits per heavy atom. The van der Waals surface area contributed by atoms with Gasteiger partial charge in [0, 0.05) is 6.07 Å². The Morgan fingerprint density at radius 1 is 1.40 bits per heavy atom. The molecule has 7 nitrogen and oxygen atoms in total. The number of carboxylic acid groups (broad SMARTS) is 1. The monoisotopic (exact) mass is 302 g/mol. The van der Waals surface area contributed by atoms with Crippen LogP contribution in [0.5, 0.6) is 5.75 Å². The van der Waals surface area contributed by atoms with E-state index in [0.29, 0.717) is 5.75 Å². The smallest absolute Gasteiger partial charge is 0.328 e. The summed E-state index contributed by atoms with van der Waals surface area (Å²) in [5, 5.41) is 22.9. The molecule has 2 atom stereocenters. The molecule has 0 saturated carbocycles. The average molecular weight is 303 g/mol. The van der Waals surface area contributed by atoms with Crippen molar-refractivity contribution >= 4 is 29.3 Å². The summed E-state index contributed by atoms with van der Waals surface area (Å²) in [6, 6.07) is 2.41. The predicted octanol–water partition coefficient (Wildman–Crippen LogP) is 1.30. The molecule has 1 rings (SSSR count). The van der Waals surface area contributed by atoms with Gasteiger partial charge in [0.1, 0.15) is 5.75 Å². The Morgan fingerprint density at radius 3 is 2.55 bits per heavy atom. The third-order valence-corrected chi connectivity index (χ3v) is 2.79. The van der Waals surface area contributed by atoms with Crippen molar-refractivity contribution in [3.63, 3.8) is 0 Å². The first-order valence-electron chi connectivity index (χ1n) is 5.67. The minimum atomic E-state index is -1.42. The Bertz CT molecular complexity index is 507. The average Bonchev–Trinajstić information content (AvgIpc) is 2.37. The second kappa shape index (κ2) is 6.97. The zero-order chi connectivity index (χ0) is 15.3. The van der Waals surface area contributed by atoms with Crippen LogP contribution in [0.2, 0.25) is 5.02 Å². The molecule has 0 saturated heterocycles. The highest BCUT2D eigenvalue weighted by Gasteiger charge is 2.25. The van der Waals surface area contributed by atoms with Crippen LogP contribution < -0.4 is 15.4 Å². The van der Waals surface area contributed by atoms with E-state index in [1.807, 2.05) is 0 Å². The molecule has 0 heterocycles. The number of amides is 2. The van der Waals surface area contributed by atoms with Crippen LogP contribution in [0.15, 0.2) is 18.2 Å². The van der Waals surface area contributed by atoms with E-state index in [9.17, 15) is 14.7 Å². The van der Waals surface area contributed by atoms with Crippen molar-refractivity contribution in [3.05, 3.63) is 23.2 Å². The fourth-order valence-corrected chi connectivity index (χ4v) is 1.58. The van der Waals surface area contributed by atoms with Gasteiger partial charge in [0.05, 0.1) is 23.9 Å². The molecule has 0 aliphatic heterocycles. The molecule has 1 aromatic rings. The highest BCUT2D eigenvalue weighted by molar-refractivity contribution is 6.33. The zero-order valence-electron chi connectivity index (χ0n) is 10.9. The molecule has 110 valence electrons. The third-order valence-electron chi connectivity index (χ3n) is 2.46. The second-order valence-corrected chi connectivity index (χ2v) is 4.41. The van der Waals surface area contributed by atoms with Crippen molar-refractivity contribution < 1.29 is 24.5 Å². The van der Waals surface area contributed by atoms with Crippen LogP contribution in [-0.4, -0.2) is 41.5 Å². The molecule has 1 aromatic carbocycles. The van der Waals surface area contributed by atoms with Gasteiger partial charge >= 0.3 is 12.0 Å². The summed E-state index contributed by atoms with van der Waals surface area (Å²) >= 11 is 5.90. The molecule has 0 spiro atoms. The van der Waals surface area contributed by atoms with Gasteiger partial charge in [0.25, 0.3) is 0 Å². The van der Waals surface area contributed by atoms with E-state index >= 15 is 0 Å². The number of methoxy groups -OCH3 is 1. The minimum Gasteiger partial charge on any atom is -0.497 e. The molecular weight excluding hydrogens is 288 g/mol. The fourth-order valence-electron chi connectivity index (χ4n) is 1.42. The molecule has 2 unspecified atom stereocenters. The van der Waals surface area contributed by atoms with Gasteiger partial charge in [-0.3, -0.25) is 0 Å². The van der Waals surface area contributed by atoms with E-state index in [-0.39, 0.29) is 10.7 Å². The second-order valence-electron chi connectivity index (χ2n) is 4.00. The van der Waals surface area contributed by atoms with Gasteiger partial charge in [-0.05, 0) is 19.1 Å². The van der Waals surface area contributed by atoms with E-state index in [1.54, 1.807) is 6.07 Å². The van der Waals surface area contributed by atoms with Crippen molar-refractivity contribution in [3.8, 4) is 5.75 Å². The highest BCUT2D eigenvalue weighted by Crippen LogP contribution is 2.26. The van der Waals surface area contributed by atoms with Crippen molar-refractivity contribution in [1.82, 2.24) is 5.32 Å². The molecule has 2 amide bonds. The van der Waals surface area contributed by atoms with Gasteiger partial charge < -0.3 is 25.6 Å². The topological polar surface area (TPSA) is 108 Å². The van der Waals surface area contributed by atoms with Crippen LogP contribution in [0.3, 0.4) is 0 Å². The first kappa shape index (κ1) is 16.1. The van der Waals surface area contributed by atoms with Crippen molar-refractivity contribution in [2.45, 2.75) is 19.1 Å². The van der Waals surface area contributed by atoms with Crippen molar-refractivity contribution in [2.75, 3.05) is 12.4 Å². The number of carboxylic acids is 1. The normalized spacial score (nSPS) is 13.2. The Labute approximate surface area is 120 Å². The van der Waals surface area contributed by atoms with Crippen LogP contribution in [0.4, 0.5) is 10.5 Å². The first-order chi connectivity index (χ1) is 9.35. The molecule has 20 heavy (non-hydrogen) atoms. The van der Waals surface area contributed by atoms with Gasteiger partial charge in [-0.25, -0.2) is 9.59 Å². The summed E-state index contributed by atoms with van der Waals surface area (Å²) < 4.78 is 4.98. The van der Waals surface area contributed by atoms with Crippen LogP contribution in [0.25, 0.3) is 0 Å². The van der Waals surface area contributed by atoms with Gasteiger partial charge in [-0.15, -0.1) is 0 Å². The number of aliphatic carboxylic acids is 1. The number of aliphatic hydroxyl groups excluding tert-OH is 1. The number of benzene rings is 1. The van der Waals surface area contributed by atoms with E-state index in [0.717, 1.165) is 0 Å². The number of anilines is 1. The maximum Gasteiger partial charge on any atom is 0.328 e. The lowest BCUT2D eigenvalue weighted by Crippen LogP contribution is -2.49. The summed E-state index contributed by atoms with van der Waals surface area (Å²) in [4.78, 5) is 22.5. The van der Waals surface area contributed by atoms with E-state index in [1.165, 1.54) is 26.2 Å². The van der Waals surface area contributed by atoms with E-state index < -0.39 is 24.1 Å². The number of rotatable bonds is 5. The lowest BCUT2D eigenvalue weighted by molar-refractivity contribution is -0.141. The fraction of sp³-hybridized carbons (Fsp3) is 0.333. The summed E-state index contributed by atoms with van der Waals surface area (Å²) in [5.41, 5.74) is 0.262. The molecule has 0 aliphatic rings. The summed E-state index contributed by atoms with van der Waals surface area (Å²) in [6.45, 7) is 1.26. The van der Waals surface area contributed by atoms with Crippen molar-refractivity contribution in [2.24, 2.45) is 0 Å². The van der Waals surface area contributed by atoms with Gasteiger partial charge in [0.2, 0.25) is 0 Å². The van der Waals surface area contributed by atoms with E-state index in [2.05, 4.69) is 10.6 Å². The quantitative estimate of drug-likeness (QED) is 0.656. The van der Waals surface area contributed by atoms with Crippen LogP contribution in [-0.2, 0) is 4.79 Å². The number of carbonyl (C=O) groups is 2. The molecule has 4 N–H and O–H groups in total. The number of aliphatic hydroxyl groups is 1. The summed E-state index contributed by atoms with van der Waals surface area (Å²) in [6.07, 6.45) is -1.24. The Hall–Kier alpha value is -1.99. The maximum absolute atomic E-state index is 11.7. The number of hydrogen-bond acceptors (Lipinski definition) is 4. The number of nitrogens with one attached hydrogen (secondary N) is 2. The summed E-state index contributed by atoms with van der Waals surface area (Å²) in [7, 11) is 1.46.